The molecule has 1 N–H and O–H groups in total. The van der Waals surface area contributed by atoms with E-state index < -0.39 is 0 Å². The number of carbonyl (C=O) groups excluding carboxylic acids is 1. The van der Waals surface area contributed by atoms with Crippen LogP contribution in [0.4, 0.5) is 5.69 Å². The second kappa shape index (κ2) is 8.11. The molecule has 2 aromatic carbocycles. The van der Waals surface area contributed by atoms with Crippen LogP contribution in [0.3, 0.4) is 0 Å². The van der Waals surface area contributed by atoms with E-state index in [9.17, 15) is 4.79 Å². The number of para-hydroxylation sites is 1. The van der Waals surface area contributed by atoms with Gasteiger partial charge in [-0.05, 0) is 55.8 Å². The van der Waals surface area contributed by atoms with Gasteiger partial charge in [-0.25, -0.2) is 0 Å². The number of carbonyl (C=O) groups is 1. The fourth-order valence-electron chi connectivity index (χ4n) is 2.16. The van der Waals surface area contributed by atoms with Crippen LogP contribution in [0.1, 0.15) is 11.3 Å². The summed E-state index contributed by atoms with van der Waals surface area (Å²) in [6.07, 6.45) is 0. The predicted octanol–water partition coefficient (Wildman–Crippen LogP) is 3.90. The van der Waals surface area contributed by atoms with E-state index in [1.165, 1.54) is 0 Å². The zero-order valence-electron chi connectivity index (χ0n) is 14.6. The lowest BCUT2D eigenvalue weighted by Crippen LogP contribution is -2.20. The van der Waals surface area contributed by atoms with Gasteiger partial charge in [0.05, 0.1) is 5.69 Å². The molecule has 6 heteroatoms. The van der Waals surface area contributed by atoms with Gasteiger partial charge in [-0.15, -0.1) is 5.10 Å². The molecule has 1 heterocycles. The van der Waals surface area contributed by atoms with Crippen molar-refractivity contribution in [3.63, 3.8) is 0 Å². The molecule has 3 aromatic rings. The highest BCUT2D eigenvalue weighted by atomic mass is 16.5. The van der Waals surface area contributed by atoms with Gasteiger partial charge in [0.2, 0.25) is 5.88 Å². The Morgan fingerprint density at radius 2 is 1.65 bits per heavy atom. The van der Waals surface area contributed by atoms with Crippen LogP contribution in [0.15, 0.2) is 60.7 Å². The molecule has 0 aliphatic heterocycles. The van der Waals surface area contributed by atoms with Crippen molar-refractivity contribution in [2.24, 2.45) is 0 Å². The van der Waals surface area contributed by atoms with Gasteiger partial charge in [0.25, 0.3) is 5.91 Å². The molecule has 0 spiro atoms. The molecule has 0 saturated carbocycles. The van der Waals surface area contributed by atoms with Gasteiger partial charge in [-0.1, -0.05) is 18.2 Å². The largest absolute Gasteiger partial charge is 0.466 e. The van der Waals surface area contributed by atoms with Crippen LogP contribution in [0.5, 0.6) is 17.4 Å². The highest BCUT2D eigenvalue weighted by Crippen LogP contribution is 2.22. The number of aryl methyl sites for hydroxylation is 2. The van der Waals surface area contributed by atoms with Crippen LogP contribution in [-0.2, 0) is 4.79 Å². The first-order valence-corrected chi connectivity index (χ1v) is 8.17. The predicted molar refractivity (Wildman–Crippen MR) is 98.6 cm³/mol. The summed E-state index contributed by atoms with van der Waals surface area (Å²) in [5, 5.41) is 10.6. The third-order valence-electron chi connectivity index (χ3n) is 3.68. The standard InChI is InChI=1S/C20H19N3O3/c1-14-12-20(23-22-15(14)2)25-13-19(24)21-16-8-10-18(11-9-16)26-17-6-4-3-5-7-17/h3-12H,13H2,1-2H3,(H,21,24). The lowest BCUT2D eigenvalue weighted by atomic mass is 10.2. The van der Waals surface area contributed by atoms with Crippen molar-refractivity contribution < 1.29 is 14.3 Å². The molecule has 0 radical (unpaired) electrons. The van der Waals surface area contributed by atoms with Gasteiger partial charge in [-0.3, -0.25) is 4.79 Å². The smallest absolute Gasteiger partial charge is 0.262 e. The minimum atomic E-state index is -0.276. The molecule has 0 atom stereocenters. The summed E-state index contributed by atoms with van der Waals surface area (Å²) in [4.78, 5) is 12.0. The van der Waals surface area contributed by atoms with E-state index in [4.69, 9.17) is 9.47 Å². The SMILES string of the molecule is Cc1cc(OCC(=O)Nc2ccc(Oc3ccccc3)cc2)nnc1C. The third-order valence-corrected chi connectivity index (χ3v) is 3.68. The van der Waals surface area contributed by atoms with E-state index >= 15 is 0 Å². The van der Waals surface area contributed by atoms with E-state index in [-0.39, 0.29) is 12.5 Å². The fraction of sp³-hybridized carbons (Fsp3) is 0.150. The molecular formula is C20H19N3O3. The molecule has 1 aromatic heterocycles. The van der Waals surface area contributed by atoms with Crippen LogP contribution in [-0.4, -0.2) is 22.7 Å². The first-order chi connectivity index (χ1) is 12.6. The Balaban J connectivity index is 1.51. The van der Waals surface area contributed by atoms with Crippen molar-refractivity contribution >= 4 is 11.6 Å². The van der Waals surface area contributed by atoms with Gasteiger partial charge >= 0.3 is 0 Å². The number of rotatable bonds is 6. The summed E-state index contributed by atoms with van der Waals surface area (Å²) >= 11 is 0. The quantitative estimate of drug-likeness (QED) is 0.730. The number of nitrogens with zero attached hydrogens (tertiary/aromatic N) is 2. The van der Waals surface area contributed by atoms with Crippen LogP contribution in [0, 0.1) is 13.8 Å². The number of hydrogen-bond acceptors (Lipinski definition) is 5. The van der Waals surface area contributed by atoms with E-state index in [1.54, 1.807) is 30.3 Å². The van der Waals surface area contributed by atoms with Crippen molar-refractivity contribution in [1.82, 2.24) is 10.2 Å². The van der Waals surface area contributed by atoms with Crippen molar-refractivity contribution in [2.45, 2.75) is 13.8 Å². The molecule has 132 valence electrons. The van der Waals surface area contributed by atoms with Gasteiger partial charge in [0.15, 0.2) is 6.61 Å². The summed E-state index contributed by atoms with van der Waals surface area (Å²) in [7, 11) is 0. The summed E-state index contributed by atoms with van der Waals surface area (Å²) in [6.45, 7) is 3.64. The molecule has 0 unspecified atom stereocenters. The molecule has 1 amide bonds. The maximum absolute atomic E-state index is 12.0. The van der Waals surface area contributed by atoms with E-state index in [2.05, 4.69) is 15.5 Å². The number of anilines is 1. The molecular weight excluding hydrogens is 330 g/mol. The molecule has 26 heavy (non-hydrogen) atoms. The Morgan fingerprint density at radius 1 is 0.962 bits per heavy atom. The fourth-order valence-corrected chi connectivity index (χ4v) is 2.16. The number of nitrogens with one attached hydrogen (secondary N) is 1. The Hall–Kier alpha value is -3.41. The van der Waals surface area contributed by atoms with E-state index in [0.29, 0.717) is 17.3 Å². The van der Waals surface area contributed by atoms with Crippen LogP contribution < -0.4 is 14.8 Å². The molecule has 0 saturated heterocycles. The second-order valence-corrected chi connectivity index (χ2v) is 5.73. The Bertz CT molecular complexity index is 881. The van der Waals surface area contributed by atoms with Crippen LogP contribution >= 0.6 is 0 Å². The Morgan fingerprint density at radius 3 is 2.35 bits per heavy atom. The minimum Gasteiger partial charge on any atom is -0.466 e. The van der Waals surface area contributed by atoms with Gasteiger partial charge in [0, 0.05) is 11.8 Å². The zero-order chi connectivity index (χ0) is 18.4. The molecule has 0 aliphatic rings. The van der Waals surface area contributed by atoms with Crippen LogP contribution in [0.2, 0.25) is 0 Å². The molecule has 3 rings (SSSR count). The number of ether oxygens (including phenoxy) is 2. The Labute approximate surface area is 151 Å². The lowest BCUT2D eigenvalue weighted by molar-refractivity contribution is -0.118. The van der Waals surface area contributed by atoms with Crippen LogP contribution in [0.25, 0.3) is 0 Å². The van der Waals surface area contributed by atoms with Crippen molar-refractivity contribution in [3.8, 4) is 17.4 Å². The molecule has 6 nitrogen and oxygen atoms in total. The van der Waals surface area contributed by atoms with Gasteiger partial charge < -0.3 is 14.8 Å². The topological polar surface area (TPSA) is 73.3 Å². The normalized spacial score (nSPS) is 10.2. The first-order valence-electron chi connectivity index (χ1n) is 8.17. The number of hydrogen-bond donors (Lipinski definition) is 1. The number of amides is 1. The van der Waals surface area contributed by atoms with Crippen molar-refractivity contribution in [2.75, 3.05) is 11.9 Å². The summed E-state index contributed by atoms with van der Waals surface area (Å²) in [5.74, 6) is 1.50. The Kier molecular flexibility index (Phi) is 5.43. The summed E-state index contributed by atoms with van der Waals surface area (Å²) in [5.41, 5.74) is 2.45. The van der Waals surface area contributed by atoms with Crippen molar-refractivity contribution in [3.05, 3.63) is 71.9 Å². The molecule has 0 fully saturated rings. The average molecular weight is 349 g/mol. The summed E-state index contributed by atoms with van der Waals surface area (Å²) < 4.78 is 11.1. The monoisotopic (exact) mass is 349 g/mol. The number of benzene rings is 2. The average Bonchev–Trinajstić information content (AvgIpc) is 2.65. The molecule has 0 bridgehead atoms. The third kappa shape index (κ3) is 4.80. The maximum Gasteiger partial charge on any atom is 0.262 e. The van der Waals surface area contributed by atoms with Crippen molar-refractivity contribution in [1.29, 1.82) is 0 Å². The summed E-state index contributed by atoms with van der Waals surface area (Å²) in [6, 6.07) is 18.4. The highest BCUT2D eigenvalue weighted by molar-refractivity contribution is 5.91. The van der Waals surface area contributed by atoms with Gasteiger partial charge in [-0.2, -0.15) is 5.10 Å². The first kappa shape index (κ1) is 17.4. The minimum absolute atomic E-state index is 0.139. The lowest BCUT2D eigenvalue weighted by Gasteiger charge is -2.09. The van der Waals surface area contributed by atoms with Gasteiger partial charge in [0.1, 0.15) is 11.5 Å². The zero-order valence-corrected chi connectivity index (χ0v) is 14.6. The molecule has 0 aliphatic carbocycles. The van der Waals surface area contributed by atoms with E-state index in [0.717, 1.165) is 17.0 Å². The maximum atomic E-state index is 12.0. The second-order valence-electron chi connectivity index (χ2n) is 5.73. The van der Waals surface area contributed by atoms with E-state index in [1.807, 2.05) is 44.2 Å². The highest BCUT2D eigenvalue weighted by Gasteiger charge is 2.06. The number of aromatic nitrogens is 2.